The molecule has 2 aliphatic heterocycles. The van der Waals surface area contributed by atoms with Crippen molar-refractivity contribution >= 4 is 5.91 Å². The van der Waals surface area contributed by atoms with E-state index in [-0.39, 0.29) is 18.9 Å². The molecule has 12 atom stereocenters. The van der Waals surface area contributed by atoms with E-state index in [9.17, 15) is 45.6 Å². The second kappa shape index (κ2) is 43.4. The quantitative estimate of drug-likeness (QED) is 0.0210. The molecule has 2 heterocycles. The van der Waals surface area contributed by atoms with Gasteiger partial charge in [-0.2, -0.15) is 0 Å². The van der Waals surface area contributed by atoms with Gasteiger partial charge in [-0.1, -0.05) is 167 Å². The number of aliphatic hydroxyl groups is 8. The van der Waals surface area contributed by atoms with E-state index in [1.54, 1.807) is 6.08 Å². The zero-order valence-electron chi connectivity index (χ0n) is 43.8. The van der Waals surface area contributed by atoms with Gasteiger partial charge in [0, 0.05) is 6.42 Å². The van der Waals surface area contributed by atoms with E-state index in [2.05, 4.69) is 141 Å². The molecular weight excluding hydrogens is 931 g/mol. The Morgan fingerprint density at radius 3 is 1.48 bits per heavy atom. The van der Waals surface area contributed by atoms with Crippen molar-refractivity contribution in [2.45, 2.75) is 209 Å². The van der Waals surface area contributed by atoms with Crippen LogP contribution in [0.4, 0.5) is 0 Å². The van der Waals surface area contributed by atoms with Crippen LogP contribution in [0.2, 0.25) is 0 Å². The summed E-state index contributed by atoms with van der Waals surface area (Å²) in [5.74, 6) is -0.293. The Bertz CT molecular complexity index is 1730. The van der Waals surface area contributed by atoms with Gasteiger partial charge in [0.05, 0.1) is 32.0 Å². The second-order valence-electron chi connectivity index (χ2n) is 18.3. The summed E-state index contributed by atoms with van der Waals surface area (Å²) in [4.78, 5) is 13.1. The van der Waals surface area contributed by atoms with Crippen LogP contribution < -0.4 is 5.32 Å². The lowest BCUT2D eigenvalue weighted by atomic mass is 9.97. The summed E-state index contributed by atoms with van der Waals surface area (Å²) in [7, 11) is 0. The molecule has 2 fully saturated rings. The van der Waals surface area contributed by atoms with E-state index in [0.29, 0.717) is 12.8 Å². The van der Waals surface area contributed by atoms with Crippen LogP contribution in [0.25, 0.3) is 0 Å². The van der Waals surface area contributed by atoms with Crippen LogP contribution in [-0.4, -0.2) is 140 Å². The van der Waals surface area contributed by atoms with Crippen molar-refractivity contribution in [1.29, 1.82) is 0 Å². The summed E-state index contributed by atoms with van der Waals surface area (Å²) in [5.41, 5.74) is 0. The molecule has 0 bridgehead atoms. The standard InChI is InChI=1S/C59H93NO13/c1-3-5-7-9-11-13-14-15-16-17-18-19-20-21-22-23-24-25-26-27-28-29-30-31-32-33-34-35-37-39-41-43-51(64)60-47(48(63)42-40-38-36-12-10-8-6-4-2)46-70-58-56(69)54(67)57(50(45-62)72-58)73-59-55(68)53(66)52(65)49(44-61)71-59/h5,7,10-13,15-16,18-19,21-22,24-25,27-28,30-31,33-34,40,42,47-50,52-59,61-63,65-69H,3-4,6,8-9,14,17,20,23,26,29,32,35-39,41,43-46H2,1-2H3,(H,60,64)/b7-5-,12-10+,13-11-,16-15-,19-18-,22-21-,25-24-,28-27-,31-30-,34-33-,42-40+. The molecule has 412 valence electrons. The highest BCUT2D eigenvalue weighted by atomic mass is 16.7. The lowest BCUT2D eigenvalue weighted by Gasteiger charge is -2.46. The summed E-state index contributed by atoms with van der Waals surface area (Å²) in [6.45, 7) is 2.51. The largest absolute Gasteiger partial charge is 0.394 e. The zero-order valence-corrected chi connectivity index (χ0v) is 43.8. The normalized spacial score (nSPS) is 26.5. The van der Waals surface area contributed by atoms with E-state index in [4.69, 9.17) is 18.9 Å². The number of carbonyl (C=O) groups is 1. The van der Waals surface area contributed by atoms with Crippen LogP contribution in [0.15, 0.2) is 134 Å². The average Bonchev–Trinajstić information content (AvgIpc) is 3.39. The fourth-order valence-corrected chi connectivity index (χ4v) is 7.69. The van der Waals surface area contributed by atoms with Gasteiger partial charge < -0.3 is 65.1 Å². The van der Waals surface area contributed by atoms with Crippen LogP contribution in [-0.2, 0) is 23.7 Å². The topological polar surface area (TPSA) is 228 Å². The molecule has 2 rings (SSSR count). The minimum atomic E-state index is -1.80. The lowest BCUT2D eigenvalue weighted by Crippen LogP contribution is -2.65. The first-order valence-electron chi connectivity index (χ1n) is 26.9. The summed E-state index contributed by atoms with van der Waals surface area (Å²) in [6.07, 6.45) is 46.7. The minimum Gasteiger partial charge on any atom is -0.394 e. The number of hydrogen-bond acceptors (Lipinski definition) is 13. The number of allylic oxidation sites excluding steroid dienone is 21. The van der Waals surface area contributed by atoms with Crippen molar-refractivity contribution in [2.24, 2.45) is 0 Å². The molecule has 2 saturated heterocycles. The maximum absolute atomic E-state index is 13.1. The highest BCUT2D eigenvalue weighted by molar-refractivity contribution is 5.76. The number of hydrogen-bond donors (Lipinski definition) is 9. The second-order valence-corrected chi connectivity index (χ2v) is 18.3. The van der Waals surface area contributed by atoms with Crippen molar-refractivity contribution in [3.05, 3.63) is 134 Å². The van der Waals surface area contributed by atoms with Gasteiger partial charge in [-0.3, -0.25) is 4.79 Å². The molecule has 0 radical (unpaired) electrons. The lowest BCUT2D eigenvalue weighted by molar-refractivity contribution is -0.359. The Morgan fingerprint density at radius 2 is 0.959 bits per heavy atom. The van der Waals surface area contributed by atoms with Crippen LogP contribution >= 0.6 is 0 Å². The van der Waals surface area contributed by atoms with Gasteiger partial charge in [0.2, 0.25) is 5.91 Å². The van der Waals surface area contributed by atoms with Crippen LogP contribution in [0.5, 0.6) is 0 Å². The van der Waals surface area contributed by atoms with E-state index in [1.807, 2.05) is 6.08 Å². The zero-order chi connectivity index (χ0) is 53.2. The van der Waals surface area contributed by atoms with Gasteiger partial charge in [0.1, 0.15) is 48.8 Å². The van der Waals surface area contributed by atoms with Crippen LogP contribution in [0.1, 0.15) is 136 Å². The van der Waals surface area contributed by atoms with Gasteiger partial charge in [-0.25, -0.2) is 0 Å². The first-order chi connectivity index (χ1) is 35.6. The predicted octanol–water partition coefficient (Wildman–Crippen LogP) is 8.04. The Hall–Kier alpha value is -3.87. The number of nitrogens with one attached hydrogen (secondary N) is 1. The van der Waals surface area contributed by atoms with Crippen molar-refractivity contribution in [3.8, 4) is 0 Å². The Morgan fingerprint density at radius 1 is 0.507 bits per heavy atom. The highest BCUT2D eigenvalue weighted by Crippen LogP contribution is 2.30. The van der Waals surface area contributed by atoms with Gasteiger partial charge in [-0.15, -0.1) is 0 Å². The van der Waals surface area contributed by atoms with Crippen molar-refractivity contribution in [3.63, 3.8) is 0 Å². The van der Waals surface area contributed by atoms with E-state index >= 15 is 0 Å². The predicted molar refractivity (Wildman–Crippen MR) is 290 cm³/mol. The Kier molecular flexibility index (Phi) is 38.8. The maximum Gasteiger partial charge on any atom is 0.220 e. The third kappa shape index (κ3) is 29.7. The summed E-state index contributed by atoms with van der Waals surface area (Å²) >= 11 is 0. The summed E-state index contributed by atoms with van der Waals surface area (Å²) in [5, 5.41) is 86.5. The fraction of sp³-hybridized carbons (Fsp3) is 0.610. The molecule has 12 unspecified atom stereocenters. The maximum atomic E-state index is 13.1. The number of aliphatic hydroxyl groups excluding tert-OH is 8. The number of amides is 1. The van der Waals surface area contributed by atoms with Crippen molar-refractivity contribution in [2.75, 3.05) is 19.8 Å². The number of carbonyl (C=O) groups excluding carboxylic acids is 1. The van der Waals surface area contributed by atoms with Gasteiger partial charge in [0.15, 0.2) is 12.6 Å². The minimum absolute atomic E-state index is 0.223. The molecule has 0 spiro atoms. The third-order valence-electron chi connectivity index (χ3n) is 12.1. The summed E-state index contributed by atoms with van der Waals surface area (Å²) < 4.78 is 22.6. The molecule has 0 saturated carbocycles. The highest BCUT2D eigenvalue weighted by Gasteiger charge is 2.51. The molecule has 1 amide bonds. The molecule has 0 aromatic carbocycles. The van der Waals surface area contributed by atoms with E-state index < -0.39 is 86.8 Å². The molecule has 0 aromatic rings. The Labute approximate surface area is 437 Å². The molecular formula is C59H93NO13. The van der Waals surface area contributed by atoms with Gasteiger partial charge in [0.25, 0.3) is 0 Å². The molecule has 73 heavy (non-hydrogen) atoms. The number of rotatable bonds is 39. The van der Waals surface area contributed by atoms with Crippen molar-refractivity contribution in [1.82, 2.24) is 5.32 Å². The first kappa shape index (κ1) is 65.2. The van der Waals surface area contributed by atoms with E-state index in [1.165, 1.54) is 0 Å². The summed E-state index contributed by atoms with van der Waals surface area (Å²) in [6, 6.07) is -0.957. The molecule has 0 aromatic heterocycles. The fourth-order valence-electron chi connectivity index (χ4n) is 7.69. The number of unbranched alkanes of at least 4 members (excludes halogenated alkanes) is 6. The number of ether oxygens (including phenoxy) is 4. The third-order valence-corrected chi connectivity index (χ3v) is 12.1. The first-order valence-corrected chi connectivity index (χ1v) is 26.9. The molecule has 14 heteroatoms. The van der Waals surface area contributed by atoms with Crippen LogP contribution in [0, 0.1) is 0 Å². The van der Waals surface area contributed by atoms with Gasteiger partial charge in [-0.05, 0) is 96.3 Å². The smallest absolute Gasteiger partial charge is 0.220 e. The molecule has 2 aliphatic rings. The average molecular weight is 1020 g/mol. The SMILES string of the molecule is CC/C=C\C/C=C\C/C=C\C/C=C\C/C=C\C/C=C\C/C=C\C/C=C\C/C=C\CCCCCC(=O)NC(COC1OC(CO)C(OC2OC(CO)C(O)C(O)C2O)C(O)C1O)C(O)/C=C/CC/C=C/CCCC. The monoisotopic (exact) mass is 1020 g/mol. The molecule has 9 N–H and O–H groups in total. The molecule has 0 aliphatic carbocycles. The van der Waals surface area contributed by atoms with Gasteiger partial charge >= 0.3 is 0 Å². The van der Waals surface area contributed by atoms with Crippen LogP contribution in [0.3, 0.4) is 0 Å². The van der Waals surface area contributed by atoms with E-state index in [0.717, 1.165) is 103 Å². The molecule has 14 nitrogen and oxygen atoms in total. The van der Waals surface area contributed by atoms with Crippen molar-refractivity contribution < 1.29 is 64.6 Å². The Balaban J connectivity index is 1.72.